The van der Waals surface area contributed by atoms with Gasteiger partial charge in [-0.2, -0.15) is 0 Å². The Bertz CT molecular complexity index is 684. The van der Waals surface area contributed by atoms with Crippen molar-refractivity contribution in [2.45, 2.75) is 57.6 Å². The molecular formula is C19H28N2O2S. The van der Waals surface area contributed by atoms with Crippen molar-refractivity contribution in [1.82, 2.24) is 4.72 Å². The molecule has 1 aliphatic carbocycles. The lowest BCUT2D eigenvalue weighted by atomic mass is 9.74. The number of hydrogen-bond acceptors (Lipinski definition) is 2. The van der Waals surface area contributed by atoms with Crippen molar-refractivity contribution >= 4 is 15.7 Å². The van der Waals surface area contributed by atoms with Crippen LogP contribution in [0.2, 0.25) is 0 Å². The fourth-order valence-electron chi connectivity index (χ4n) is 3.51. The van der Waals surface area contributed by atoms with Crippen LogP contribution in [0, 0.1) is 18.4 Å². The second-order valence-corrected chi connectivity index (χ2v) is 9.52. The van der Waals surface area contributed by atoms with E-state index in [9.17, 15) is 8.42 Å². The van der Waals surface area contributed by atoms with Crippen LogP contribution in [0.3, 0.4) is 0 Å². The summed E-state index contributed by atoms with van der Waals surface area (Å²) in [5, 5.41) is -0.384. The lowest BCUT2D eigenvalue weighted by Crippen LogP contribution is -2.36. The number of nitrogens with zero attached hydrogens (tertiary/aromatic N) is 1. The molecule has 1 saturated carbocycles. The molecule has 0 radical (unpaired) electrons. The minimum absolute atomic E-state index is 0.343. The van der Waals surface area contributed by atoms with E-state index in [-0.39, 0.29) is 5.25 Å². The highest BCUT2D eigenvalue weighted by molar-refractivity contribution is 7.90. The van der Waals surface area contributed by atoms with Gasteiger partial charge in [-0.3, -0.25) is 0 Å². The summed E-state index contributed by atoms with van der Waals surface area (Å²) in [4.78, 5) is 3.65. The Kier molecular flexibility index (Phi) is 6.42. The molecule has 1 aliphatic rings. The molecule has 0 bridgehead atoms. The first-order chi connectivity index (χ1) is 11.3. The molecule has 1 unspecified atom stereocenters. The van der Waals surface area contributed by atoms with Gasteiger partial charge in [0.25, 0.3) is 0 Å². The maximum Gasteiger partial charge on any atom is 0.213 e. The van der Waals surface area contributed by atoms with E-state index >= 15 is 0 Å². The first-order valence-corrected chi connectivity index (χ1v) is 10.3. The molecule has 1 fully saturated rings. The number of para-hydroxylation sites is 1. The van der Waals surface area contributed by atoms with E-state index in [0.717, 1.165) is 31.4 Å². The van der Waals surface area contributed by atoms with E-state index < -0.39 is 10.0 Å². The van der Waals surface area contributed by atoms with Crippen LogP contribution < -0.4 is 4.72 Å². The molecule has 1 N–H and O–H groups in total. The molecule has 1 aromatic rings. The van der Waals surface area contributed by atoms with Crippen LogP contribution in [0.25, 0.3) is 4.85 Å². The van der Waals surface area contributed by atoms with Gasteiger partial charge in [0, 0.05) is 6.54 Å². The largest absolute Gasteiger partial charge is 0.238 e. The maximum absolute atomic E-state index is 11.9. The van der Waals surface area contributed by atoms with Crippen molar-refractivity contribution in [3.05, 3.63) is 41.2 Å². The highest BCUT2D eigenvalue weighted by Crippen LogP contribution is 2.41. The average molecular weight is 349 g/mol. The Morgan fingerprint density at radius 1 is 1.17 bits per heavy atom. The Labute approximate surface area is 146 Å². The van der Waals surface area contributed by atoms with Crippen LogP contribution in [-0.4, -0.2) is 20.2 Å². The van der Waals surface area contributed by atoms with Crippen LogP contribution in [0.15, 0.2) is 24.3 Å². The van der Waals surface area contributed by atoms with Gasteiger partial charge < -0.3 is 0 Å². The molecular weight excluding hydrogens is 320 g/mol. The molecule has 5 heteroatoms. The van der Waals surface area contributed by atoms with Gasteiger partial charge >= 0.3 is 0 Å². The Balaban J connectivity index is 1.90. The van der Waals surface area contributed by atoms with Crippen LogP contribution in [-0.2, 0) is 10.0 Å². The zero-order chi connectivity index (χ0) is 17.7. The molecule has 0 heterocycles. The minimum Gasteiger partial charge on any atom is -0.238 e. The normalized spacial score (nSPS) is 23.0. The summed E-state index contributed by atoms with van der Waals surface area (Å²) in [5.74, 6) is 1.36. The standard InChI is InChI=1S/C19H28N2O2S/c1-14(2)24(22,23)21-13-15(3)16-9-11-17(12-10-16)18-7-5-6-8-19(18)20-4/h5-8,14-17,21H,9-13H2,1-3H3. The predicted octanol–water partition coefficient (Wildman–Crippen LogP) is 4.48. The highest BCUT2D eigenvalue weighted by atomic mass is 32.2. The van der Waals surface area contributed by atoms with E-state index in [0.29, 0.717) is 24.3 Å². The second-order valence-electron chi connectivity index (χ2n) is 7.20. The number of nitrogens with one attached hydrogen (secondary N) is 1. The molecule has 0 aliphatic heterocycles. The topological polar surface area (TPSA) is 50.5 Å². The Hall–Kier alpha value is -1.38. The van der Waals surface area contributed by atoms with Crippen molar-refractivity contribution in [2.24, 2.45) is 11.8 Å². The quantitative estimate of drug-likeness (QED) is 0.771. The van der Waals surface area contributed by atoms with Gasteiger partial charge in [-0.15, -0.1) is 0 Å². The Morgan fingerprint density at radius 2 is 1.79 bits per heavy atom. The van der Waals surface area contributed by atoms with Crippen LogP contribution in [0.1, 0.15) is 57.9 Å². The molecule has 1 atom stereocenters. The van der Waals surface area contributed by atoms with Crippen LogP contribution >= 0.6 is 0 Å². The van der Waals surface area contributed by atoms with Crippen molar-refractivity contribution in [1.29, 1.82) is 0 Å². The molecule has 0 amide bonds. The van der Waals surface area contributed by atoms with E-state index in [1.54, 1.807) is 13.8 Å². The van der Waals surface area contributed by atoms with Crippen molar-refractivity contribution in [3.63, 3.8) is 0 Å². The fraction of sp³-hybridized carbons (Fsp3) is 0.632. The first kappa shape index (κ1) is 19.0. The smallest absolute Gasteiger partial charge is 0.213 e. The van der Waals surface area contributed by atoms with Gasteiger partial charge in [-0.1, -0.05) is 31.2 Å². The molecule has 1 aromatic carbocycles. The number of rotatable bonds is 6. The molecule has 2 rings (SSSR count). The van der Waals surface area contributed by atoms with Gasteiger partial charge in [-0.05, 0) is 62.8 Å². The maximum atomic E-state index is 11.9. The molecule has 4 nitrogen and oxygen atoms in total. The minimum atomic E-state index is -3.18. The van der Waals surface area contributed by atoms with Crippen molar-refractivity contribution in [2.75, 3.05) is 6.54 Å². The average Bonchev–Trinajstić information content (AvgIpc) is 2.59. The van der Waals surface area contributed by atoms with Crippen LogP contribution in [0.5, 0.6) is 0 Å². The lowest BCUT2D eigenvalue weighted by molar-refractivity contribution is 0.246. The summed E-state index contributed by atoms with van der Waals surface area (Å²) in [5.41, 5.74) is 1.96. The number of benzene rings is 1. The van der Waals surface area contributed by atoms with Gasteiger partial charge in [0.2, 0.25) is 10.0 Å². The Morgan fingerprint density at radius 3 is 2.38 bits per heavy atom. The summed E-state index contributed by atoms with van der Waals surface area (Å²) in [7, 11) is -3.18. The third-order valence-corrected chi connectivity index (χ3v) is 7.11. The van der Waals surface area contributed by atoms with Gasteiger partial charge in [0.1, 0.15) is 0 Å². The molecule has 0 saturated heterocycles. The summed E-state index contributed by atoms with van der Waals surface area (Å²) < 4.78 is 26.5. The van der Waals surface area contributed by atoms with Crippen LogP contribution in [0.4, 0.5) is 5.69 Å². The third kappa shape index (κ3) is 4.58. The summed E-state index contributed by atoms with van der Waals surface area (Å²) in [6.07, 6.45) is 4.36. The fourth-order valence-corrected chi connectivity index (χ4v) is 4.34. The molecule has 0 aromatic heterocycles. The van der Waals surface area contributed by atoms with Gasteiger partial charge in [0.15, 0.2) is 5.69 Å². The summed E-state index contributed by atoms with van der Waals surface area (Å²) in [6, 6.07) is 7.92. The van der Waals surface area contributed by atoms with E-state index in [2.05, 4.69) is 22.6 Å². The zero-order valence-electron chi connectivity index (χ0n) is 14.8. The number of sulfonamides is 1. The van der Waals surface area contributed by atoms with E-state index in [1.807, 2.05) is 18.2 Å². The zero-order valence-corrected chi connectivity index (χ0v) is 15.6. The SMILES string of the molecule is [C-]#[N+]c1ccccc1C1CCC(C(C)CNS(=O)(=O)C(C)C)CC1. The third-order valence-electron chi connectivity index (χ3n) is 5.30. The van der Waals surface area contributed by atoms with Gasteiger partial charge in [-0.25, -0.2) is 18.0 Å². The van der Waals surface area contributed by atoms with Crippen molar-refractivity contribution in [3.8, 4) is 0 Å². The molecule has 0 spiro atoms. The monoisotopic (exact) mass is 348 g/mol. The lowest BCUT2D eigenvalue weighted by Gasteiger charge is -2.33. The van der Waals surface area contributed by atoms with E-state index in [4.69, 9.17) is 6.57 Å². The number of hydrogen-bond donors (Lipinski definition) is 1. The van der Waals surface area contributed by atoms with Crippen molar-refractivity contribution < 1.29 is 8.42 Å². The molecule has 132 valence electrons. The first-order valence-electron chi connectivity index (χ1n) is 8.80. The highest BCUT2D eigenvalue weighted by Gasteiger charge is 2.28. The van der Waals surface area contributed by atoms with Gasteiger partial charge in [0.05, 0.1) is 11.8 Å². The molecule has 24 heavy (non-hydrogen) atoms. The second kappa shape index (κ2) is 8.13. The predicted molar refractivity (Wildman–Crippen MR) is 98.6 cm³/mol. The summed E-state index contributed by atoms with van der Waals surface area (Å²) >= 11 is 0. The van der Waals surface area contributed by atoms with E-state index in [1.165, 1.54) is 5.56 Å². The summed E-state index contributed by atoms with van der Waals surface area (Å²) in [6.45, 7) is 13.4.